The molecule has 13 aromatic rings. The first-order valence-corrected chi connectivity index (χ1v) is 25.8. The van der Waals surface area contributed by atoms with Crippen LogP contribution in [0.15, 0.2) is 279 Å². The van der Waals surface area contributed by atoms with Crippen LogP contribution in [0.1, 0.15) is 0 Å². The maximum Gasteiger partial charge on any atom is 0.179 e. The van der Waals surface area contributed by atoms with Crippen molar-refractivity contribution in [2.45, 2.75) is 0 Å². The summed E-state index contributed by atoms with van der Waals surface area (Å²) in [6.45, 7) is 0. The summed E-state index contributed by atoms with van der Waals surface area (Å²) in [6, 6.07) is 103. The van der Waals surface area contributed by atoms with E-state index in [-0.39, 0.29) is 0 Å². The average Bonchev–Trinajstić information content (AvgIpc) is 3.95. The van der Waals surface area contributed by atoms with Gasteiger partial charge in [-0.3, -0.25) is 0 Å². The molecular weight excluding hydrogens is 849 g/mol. The Labute approximate surface area is 403 Å². The van der Waals surface area contributed by atoms with Crippen LogP contribution in [0.5, 0.6) is 0 Å². The van der Waals surface area contributed by atoms with Gasteiger partial charge in [-0.25, -0.2) is 0 Å². The fraction of sp³-hybridized carbons (Fsp3) is 0. The topological polar surface area (TPSA) is 9.86 Å². The van der Waals surface area contributed by atoms with E-state index in [1.807, 2.05) is 0 Å². The molecule has 13 rings (SSSR count). The molecule has 0 radical (unpaired) electrons. The van der Waals surface area contributed by atoms with Crippen LogP contribution in [0.4, 0.5) is 0 Å². The van der Waals surface area contributed by atoms with Crippen molar-refractivity contribution in [3.63, 3.8) is 0 Å². The van der Waals surface area contributed by atoms with Gasteiger partial charge < -0.3 is 9.13 Å². The number of nitrogens with zero attached hydrogens (tertiary/aromatic N) is 2. The maximum absolute atomic E-state index is 2.91. The van der Waals surface area contributed by atoms with E-state index in [1.165, 1.54) is 97.7 Å². The summed E-state index contributed by atoms with van der Waals surface area (Å²) < 4.78 is 4.95. The van der Waals surface area contributed by atoms with Crippen molar-refractivity contribution in [1.82, 2.24) is 9.13 Å². The van der Waals surface area contributed by atoms with E-state index in [0.717, 1.165) is 11.4 Å². The van der Waals surface area contributed by atoms with Gasteiger partial charge in [0.25, 0.3) is 0 Å². The summed E-state index contributed by atoms with van der Waals surface area (Å²) >= 11 is 0. The van der Waals surface area contributed by atoms with Crippen LogP contribution in [0, 0.1) is 0 Å². The summed E-state index contributed by atoms with van der Waals surface area (Å²) in [4.78, 5) is 0. The molecule has 0 atom stereocenters. The van der Waals surface area contributed by atoms with E-state index >= 15 is 0 Å². The highest BCUT2D eigenvalue weighted by atomic mass is 28.3. The van der Waals surface area contributed by atoms with E-state index in [1.54, 1.807) is 0 Å². The molecule has 0 saturated carbocycles. The van der Waals surface area contributed by atoms with Gasteiger partial charge in [0, 0.05) is 32.9 Å². The zero-order valence-electron chi connectivity index (χ0n) is 38.0. The SMILES string of the molecule is c1ccc(-c2cccc(-c3cccc4c3c3ccccc3n4-c3ccc4c(c3)c3ccccc3n4-c3cccc([Si](c4ccccc4)(c4ccccc4)c4cccc(-c5ccccc5)c4)c3)c2)cc1. The molecule has 2 heterocycles. The van der Waals surface area contributed by atoms with E-state index in [0.29, 0.717) is 0 Å². The molecule has 69 heavy (non-hydrogen) atoms. The molecule has 2 aromatic heterocycles. The molecule has 0 amide bonds. The molecule has 0 unspecified atom stereocenters. The molecule has 0 aliphatic carbocycles. The summed E-state index contributed by atoms with van der Waals surface area (Å²) in [5, 5.41) is 10.3. The third kappa shape index (κ3) is 6.70. The molecule has 2 nitrogen and oxygen atoms in total. The Balaban J connectivity index is 1.00. The van der Waals surface area contributed by atoms with Crippen molar-refractivity contribution < 1.29 is 0 Å². The Morgan fingerprint density at radius 3 is 1.35 bits per heavy atom. The Kier molecular flexibility index (Phi) is 9.88. The number of aromatic nitrogens is 2. The second kappa shape index (κ2) is 16.8. The minimum absolute atomic E-state index is 1.14. The van der Waals surface area contributed by atoms with Gasteiger partial charge >= 0.3 is 0 Å². The van der Waals surface area contributed by atoms with Gasteiger partial charge in [-0.15, -0.1) is 0 Å². The fourth-order valence-corrected chi connectivity index (χ4v) is 16.0. The van der Waals surface area contributed by atoms with Crippen LogP contribution in [-0.2, 0) is 0 Å². The van der Waals surface area contributed by atoms with Gasteiger partial charge in [0.2, 0.25) is 0 Å². The lowest BCUT2D eigenvalue weighted by molar-refractivity contribution is 1.17. The van der Waals surface area contributed by atoms with Crippen molar-refractivity contribution in [3.05, 3.63) is 279 Å². The molecule has 0 saturated heterocycles. The number of fused-ring (bicyclic) bond motifs is 6. The van der Waals surface area contributed by atoms with Crippen LogP contribution in [-0.4, -0.2) is 17.2 Å². The normalized spacial score (nSPS) is 11.8. The molecule has 324 valence electrons. The van der Waals surface area contributed by atoms with Gasteiger partial charge in [-0.1, -0.05) is 224 Å². The molecule has 11 aromatic carbocycles. The van der Waals surface area contributed by atoms with Crippen LogP contribution in [0.3, 0.4) is 0 Å². The van der Waals surface area contributed by atoms with Crippen LogP contribution in [0.2, 0.25) is 0 Å². The number of rotatable bonds is 9. The zero-order valence-corrected chi connectivity index (χ0v) is 39.0. The first-order valence-electron chi connectivity index (χ1n) is 23.8. The predicted molar refractivity (Wildman–Crippen MR) is 295 cm³/mol. The Hall–Kier alpha value is -8.76. The quantitative estimate of drug-likeness (QED) is 0.101. The van der Waals surface area contributed by atoms with Crippen molar-refractivity contribution in [3.8, 4) is 44.8 Å². The number of hydrogen-bond donors (Lipinski definition) is 0. The van der Waals surface area contributed by atoms with Crippen molar-refractivity contribution >= 4 is 72.4 Å². The lowest BCUT2D eigenvalue weighted by Crippen LogP contribution is -2.74. The Morgan fingerprint density at radius 1 is 0.232 bits per heavy atom. The number of para-hydroxylation sites is 2. The molecule has 0 N–H and O–H groups in total. The van der Waals surface area contributed by atoms with Crippen LogP contribution >= 0.6 is 0 Å². The van der Waals surface area contributed by atoms with Crippen molar-refractivity contribution in [1.29, 1.82) is 0 Å². The summed E-state index contributed by atoms with van der Waals surface area (Å²) in [5.41, 5.74) is 14.3. The molecule has 0 aliphatic heterocycles. The number of benzene rings is 11. The standard InChI is InChI=1S/C66H46N2Si/c1-5-21-47(22-6-1)49-25-17-27-51(43-49)58-37-20-40-65-66(58)60-36-14-16-39-63(60)68(65)53-41-42-64-61(46-53)59-35-13-15-38-62(59)67(64)52-28-19-34-57(45-52)69(54-29-9-3-10-30-54,55-31-11-4-12-32-55)56-33-18-26-50(44-56)48-23-7-2-8-24-48/h1-46H. The van der Waals surface area contributed by atoms with Crippen LogP contribution in [0.25, 0.3) is 88.4 Å². The van der Waals surface area contributed by atoms with E-state index < -0.39 is 8.07 Å². The fourth-order valence-electron chi connectivity index (χ4n) is 11.2. The van der Waals surface area contributed by atoms with Gasteiger partial charge in [-0.2, -0.15) is 0 Å². The monoisotopic (exact) mass is 894 g/mol. The van der Waals surface area contributed by atoms with Gasteiger partial charge in [-0.05, 0) is 109 Å². The smallest absolute Gasteiger partial charge is 0.179 e. The predicted octanol–water partition coefficient (Wildman–Crippen LogP) is 14.3. The largest absolute Gasteiger partial charge is 0.309 e. The molecule has 0 bridgehead atoms. The lowest BCUT2D eigenvalue weighted by atomic mass is 9.96. The van der Waals surface area contributed by atoms with E-state index in [9.17, 15) is 0 Å². The maximum atomic E-state index is 2.49. The second-order valence-corrected chi connectivity index (χ2v) is 21.8. The summed E-state index contributed by atoms with van der Waals surface area (Å²) in [6.07, 6.45) is 0. The van der Waals surface area contributed by atoms with Crippen molar-refractivity contribution in [2.75, 3.05) is 0 Å². The average molecular weight is 895 g/mol. The molecular formula is C66H46N2Si. The first kappa shape index (κ1) is 40.5. The molecule has 0 spiro atoms. The third-order valence-corrected chi connectivity index (χ3v) is 19.0. The zero-order chi connectivity index (χ0) is 45.7. The minimum atomic E-state index is -2.91. The highest BCUT2D eigenvalue weighted by Crippen LogP contribution is 2.41. The highest BCUT2D eigenvalue weighted by molar-refractivity contribution is 7.20. The Bertz CT molecular complexity index is 3960. The van der Waals surface area contributed by atoms with Gasteiger partial charge in [0.1, 0.15) is 0 Å². The first-order chi connectivity index (χ1) is 34.2. The molecule has 0 fully saturated rings. The Morgan fingerprint density at radius 2 is 0.667 bits per heavy atom. The third-order valence-electron chi connectivity index (χ3n) is 14.2. The van der Waals surface area contributed by atoms with E-state index in [2.05, 4.69) is 288 Å². The van der Waals surface area contributed by atoms with Gasteiger partial charge in [0.15, 0.2) is 8.07 Å². The van der Waals surface area contributed by atoms with E-state index in [4.69, 9.17) is 0 Å². The molecule has 0 aliphatic rings. The number of hydrogen-bond acceptors (Lipinski definition) is 0. The minimum Gasteiger partial charge on any atom is -0.309 e. The summed E-state index contributed by atoms with van der Waals surface area (Å²) in [7, 11) is -2.91. The van der Waals surface area contributed by atoms with Crippen LogP contribution < -0.4 is 20.7 Å². The van der Waals surface area contributed by atoms with Gasteiger partial charge in [0.05, 0.1) is 22.1 Å². The summed E-state index contributed by atoms with van der Waals surface area (Å²) in [5.74, 6) is 0. The highest BCUT2D eigenvalue weighted by Gasteiger charge is 2.42. The second-order valence-electron chi connectivity index (χ2n) is 18.0. The lowest BCUT2D eigenvalue weighted by Gasteiger charge is -2.35. The van der Waals surface area contributed by atoms with Crippen molar-refractivity contribution in [2.24, 2.45) is 0 Å². The molecule has 3 heteroatoms.